The number of aromatic nitrogens is 2. The van der Waals surface area contributed by atoms with Crippen molar-refractivity contribution in [1.82, 2.24) is 19.8 Å². The van der Waals surface area contributed by atoms with Crippen LogP contribution in [0.4, 0.5) is 0 Å². The molecule has 1 fully saturated rings. The predicted molar refractivity (Wildman–Crippen MR) is 122 cm³/mol. The van der Waals surface area contributed by atoms with Gasteiger partial charge in [-0.15, -0.1) is 0 Å². The van der Waals surface area contributed by atoms with Crippen LogP contribution >= 0.6 is 0 Å². The van der Waals surface area contributed by atoms with Crippen LogP contribution in [-0.4, -0.2) is 65.1 Å². The van der Waals surface area contributed by atoms with Gasteiger partial charge in [0, 0.05) is 12.6 Å². The third-order valence-electron chi connectivity index (χ3n) is 6.71. The van der Waals surface area contributed by atoms with Crippen LogP contribution in [0.15, 0.2) is 24.5 Å². The lowest BCUT2D eigenvalue weighted by Crippen LogP contribution is -2.64. The van der Waals surface area contributed by atoms with Gasteiger partial charge in [-0.1, -0.05) is 18.9 Å². The quantitative estimate of drug-likeness (QED) is 0.617. The minimum Gasteiger partial charge on any atom is -0.493 e. The van der Waals surface area contributed by atoms with Crippen molar-refractivity contribution in [1.29, 1.82) is 0 Å². The summed E-state index contributed by atoms with van der Waals surface area (Å²) in [6.07, 6.45) is 5.41. The Balaban J connectivity index is 1.74. The van der Waals surface area contributed by atoms with E-state index in [1.165, 1.54) is 25.4 Å². The fraction of sp³-hybridized carbons (Fsp3) is 0.500. The molecule has 1 saturated carbocycles. The largest absolute Gasteiger partial charge is 0.493 e. The number of amides is 2. The highest BCUT2D eigenvalue weighted by molar-refractivity contribution is 6.06. The summed E-state index contributed by atoms with van der Waals surface area (Å²) in [5.41, 5.74) is -0.409. The molecule has 1 aliphatic heterocycles. The van der Waals surface area contributed by atoms with E-state index in [0.717, 1.165) is 31.2 Å². The lowest BCUT2D eigenvalue weighted by atomic mass is 9.93. The molecule has 2 heterocycles. The van der Waals surface area contributed by atoms with E-state index in [-0.39, 0.29) is 36.4 Å². The number of nitrogens with one attached hydrogen (secondary N) is 1. The molecule has 10 nitrogen and oxygen atoms in total. The van der Waals surface area contributed by atoms with Crippen molar-refractivity contribution >= 4 is 17.8 Å². The van der Waals surface area contributed by atoms with E-state index >= 15 is 0 Å². The highest BCUT2D eigenvalue weighted by atomic mass is 16.5. The molecule has 0 radical (unpaired) electrons. The molecule has 10 heteroatoms. The van der Waals surface area contributed by atoms with E-state index in [2.05, 4.69) is 10.3 Å². The minimum absolute atomic E-state index is 0.0666. The summed E-state index contributed by atoms with van der Waals surface area (Å²) in [5.74, 6) is -0.326. The highest BCUT2D eigenvalue weighted by Gasteiger charge is 2.49. The number of hydrogen-bond donors (Lipinski definition) is 1. The molecule has 2 aliphatic rings. The zero-order valence-electron chi connectivity index (χ0n) is 19.9. The summed E-state index contributed by atoms with van der Waals surface area (Å²) in [6, 6.07) is 5.44. The van der Waals surface area contributed by atoms with Crippen molar-refractivity contribution in [3.63, 3.8) is 0 Å². The molecule has 0 bridgehead atoms. The van der Waals surface area contributed by atoms with Crippen molar-refractivity contribution in [2.45, 2.75) is 57.3 Å². The summed E-state index contributed by atoms with van der Waals surface area (Å²) in [6.45, 7) is 2.03. The molecule has 0 saturated heterocycles. The summed E-state index contributed by atoms with van der Waals surface area (Å²) in [7, 11) is 4.32. The SMILES string of the molecule is COC(=O)c1ncn2c1C(=O)N(Cc1ccc(OC)c(OC)c1)C(C)(C(=O)NC1CCCC1)C2. The number of carbonyl (C=O) groups excluding carboxylic acids is 3. The fourth-order valence-corrected chi connectivity index (χ4v) is 4.75. The Morgan fingerprint density at radius 2 is 1.85 bits per heavy atom. The maximum absolute atomic E-state index is 13.8. The van der Waals surface area contributed by atoms with Crippen LogP contribution in [0.1, 0.15) is 59.1 Å². The van der Waals surface area contributed by atoms with Gasteiger partial charge in [0.2, 0.25) is 5.91 Å². The standard InChI is InChI=1S/C24H30N4O6/c1-24(23(31)26-16-7-5-6-8-16)13-27-14-25-19(22(30)34-4)20(27)21(29)28(24)12-15-9-10-17(32-2)18(11-15)33-3/h9-11,14,16H,5-8,12-13H2,1-4H3,(H,26,31). The number of rotatable bonds is 7. The van der Waals surface area contributed by atoms with Gasteiger partial charge in [0.15, 0.2) is 17.2 Å². The van der Waals surface area contributed by atoms with Crippen LogP contribution in [0.2, 0.25) is 0 Å². The van der Waals surface area contributed by atoms with E-state index in [1.54, 1.807) is 30.7 Å². The smallest absolute Gasteiger partial charge is 0.359 e. The molecule has 182 valence electrons. The first-order chi connectivity index (χ1) is 16.3. The number of methoxy groups -OCH3 is 3. The van der Waals surface area contributed by atoms with Gasteiger partial charge in [0.1, 0.15) is 11.2 Å². The van der Waals surface area contributed by atoms with E-state index < -0.39 is 17.4 Å². The van der Waals surface area contributed by atoms with Gasteiger partial charge in [-0.3, -0.25) is 9.59 Å². The molecule has 2 aromatic rings. The van der Waals surface area contributed by atoms with E-state index in [0.29, 0.717) is 11.5 Å². The number of benzene rings is 1. The number of esters is 1. The first-order valence-electron chi connectivity index (χ1n) is 11.3. The highest BCUT2D eigenvalue weighted by Crippen LogP contribution is 2.34. The molecular formula is C24H30N4O6. The van der Waals surface area contributed by atoms with Gasteiger partial charge in [0.05, 0.1) is 34.2 Å². The third-order valence-corrected chi connectivity index (χ3v) is 6.71. The van der Waals surface area contributed by atoms with Crippen LogP contribution in [-0.2, 0) is 22.6 Å². The molecule has 1 atom stereocenters. The number of hydrogen-bond acceptors (Lipinski definition) is 7. The van der Waals surface area contributed by atoms with Crippen molar-refractivity contribution < 1.29 is 28.6 Å². The summed E-state index contributed by atoms with van der Waals surface area (Å²) < 4.78 is 17.1. The van der Waals surface area contributed by atoms with Crippen LogP contribution in [0, 0.1) is 0 Å². The van der Waals surface area contributed by atoms with Crippen LogP contribution in [0.3, 0.4) is 0 Å². The zero-order chi connectivity index (χ0) is 24.5. The van der Waals surface area contributed by atoms with Gasteiger partial charge in [0.25, 0.3) is 5.91 Å². The molecular weight excluding hydrogens is 440 g/mol. The Bertz CT molecular complexity index is 1110. The second-order valence-corrected chi connectivity index (χ2v) is 8.87. The molecule has 1 aliphatic carbocycles. The fourth-order valence-electron chi connectivity index (χ4n) is 4.75. The van der Waals surface area contributed by atoms with Gasteiger partial charge in [-0.25, -0.2) is 9.78 Å². The molecule has 34 heavy (non-hydrogen) atoms. The van der Waals surface area contributed by atoms with Crippen molar-refractivity contribution in [2.24, 2.45) is 0 Å². The monoisotopic (exact) mass is 470 g/mol. The molecule has 0 spiro atoms. The molecule has 4 rings (SSSR count). The van der Waals surface area contributed by atoms with E-state index in [9.17, 15) is 14.4 Å². The molecule has 1 unspecified atom stereocenters. The number of nitrogens with zero attached hydrogens (tertiary/aromatic N) is 3. The van der Waals surface area contributed by atoms with E-state index in [4.69, 9.17) is 14.2 Å². The van der Waals surface area contributed by atoms with Crippen LogP contribution < -0.4 is 14.8 Å². The third kappa shape index (κ3) is 4.08. The van der Waals surface area contributed by atoms with Crippen molar-refractivity contribution in [3.8, 4) is 11.5 Å². The second-order valence-electron chi connectivity index (χ2n) is 8.87. The van der Waals surface area contributed by atoms with E-state index in [1.807, 2.05) is 6.07 Å². The first kappa shape index (κ1) is 23.6. The Morgan fingerprint density at radius 3 is 2.50 bits per heavy atom. The van der Waals surface area contributed by atoms with Crippen LogP contribution in [0.25, 0.3) is 0 Å². The molecule has 1 aromatic heterocycles. The molecule has 2 amide bonds. The average Bonchev–Trinajstić information content (AvgIpc) is 3.51. The summed E-state index contributed by atoms with van der Waals surface area (Å²) in [4.78, 5) is 45.2. The van der Waals surface area contributed by atoms with Gasteiger partial charge in [-0.2, -0.15) is 0 Å². The Kier molecular flexibility index (Phi) is 6.49. The van der Waals surface area contributed by atoms with Crippen molar-refractivity contribution in [3.05, 3.63) is 41.5 Å². The first-order valence-corrected chi connectivity index (χ1v) is 11.3. The summed E-state index contributed by atoms with van der Waals surface area (Å²) >= 11 is 0. The van der Waals surface area contributed by atoms with Gasteiger partial charge in [-0.05, 0) is 37.5 Å². The van der Waals surface area contributed by atoms with Gasteiger partial charge < -0.3 is 29.0 Å². The average molecular weight is 471 g/mol. The van der Waals surface area contributed by atoms with Gasteiger partial charge >= 0.3 is 5.97 Å². The lowest BCUT2D eigenvalue weighted by molar-refractivity contribution is -0.134. The molecule has 1 N–H and O–H groups in total. The lowest BCUT2D eigenvalue weighted by Gasteiger charge is -2.44. The number of fused-ring (bicyclic) bond motifs is 1. The normalized spacial score (nSPS) is 20.1. The van der Waals surface area contributed by atoms with Crippen LogP contribution in [0.5, 0.6) is 11.5 Å². The predicted octanol–water partition coefficient (Wildman–Crippen LogP) is 2.16. The zero-order valence-corrected chi connectivity index (χ0v) is 19.9. The van der Waals surface area contributed by atoms with Crippen molar-refractivity contribution in [2.75, 3.05) is 21.3 Å². The second kappa shape index (κ2) is 9.36. The Hall–Kier alpha value is -3.56. The Labute approximate surface area is 198 Å². The Morgan fingerprint density at radius 1 is 1.15 bits per heavy atom. The maximum atomic E-state index is 13.8. The number of imidazole rings is 1. The minimum atomic E-state index is -1.20. The molecule has 1 aromatic carbocycles. The maximum Gasteiger partial charge on any atom is 0.359 e. The summed E-state index contributed by atoms with van der Waals surface area (Å²) in [5, 5.41) is 3.13. The number of ether oxygens (including phenoxy) is 3. The topological polar surface area (TPSA) is 112 Å². The number of carbonyl (C=O) groups is 3.